The van der Waals surface area contributed by atoms with Gasteiger partial charge in [0.25, 0.3) is 0 Å². The van der Waals surface area contributed by atoms with Crippen molar-refractivity contribution in [3.63, 3.8) is 0 Å². The van der Waals surface area contributed by atoms with E-state index in [0.717, 1.165) is 74.6 Å². The van der Waals surface area contributed by atoms with Crippen LogP contribution in [0, 0.1) is 91.9 Å². The van der Waals surface area contributed by atoms with E-state index < -0.39 is 0 Å². The van der Waals surface area contributed by atoms with Gasteiger partial charge in [-0.2, -0.15) is 175 Å². The second kappa shape index (κ2) is 40.8. The van der Waals surface area contributed by atoms with Crippen molar-refractivity contribution in [3.05, 3.63) is 288 Å². The largest absolute Gasteiger partial charge is 0.593 e. The average molecular weight is 1670 g/mol. The molecule has 76 heavy (non-hydrogen) atoms. The normalized spacial score (nSPS) is 9.38. The zero-order valence-electron chi connectivity index (χ0n) is 42.2. The number of halogens is 4. The van der Waals surface area contributed by atoms with E-state index in [1.807, 2.05) is 146 Å². The molecule has 0 saturated carbocycles. The maximum Gasteiger partial charge on any atom is 0.558 e. The quantitative estimate of drug-likeness (QED) is 0.0979. The van der Waals surface area contributed by atoms with Gasteiger partial charge in [0.1, 0.15) is 0 Å². The molecule has 368 valence electrons. The molecule has 12 heteroatoms. The fraction of sp³-hybridized carbons (Fsp3) is 0.0625. The van der Waals surface area contributed by atoms with Crippen LogP contribution < -0.4 is 4.65 Å². The fourth-order valence-corrected chi connectivity index (χ4v) is 8.71. The van der Waals surface area contributed by atoms with Crippen molar-refractivity contribution < 1.29 is 173 Å². The minimum atomic E-state index is 0. The molecule has 0 heterocycles. The van der Waals surface area contributed by atoms with Gasteiger partial charge in [0.05, 0.1) is 0 Å². The molecule has 0 amide bonds. The number of rotatable bonds is 7. The standard InChI is InChI=1S/C14H12.C13H10BO2.C13H9Br.C12H6BrI.C12H7Br.5Y/c1-11-6-5-8-13(10-11)14-9-4-3-7-12(14)2;1-10-5-4-6-11(9-10)12-7-2-3-8-13(12)16-14-15;1-10-5-4-6-11(9-10)12-7-2-3-8-13(12)14;13-12-7-2-1-6-11(12)9-4-3-5-10(14)8-9;13-12-9-5-4-8-11(12)10-6-2-1-3-7-10;;;;;/h3-7,10H,1-2H3;2-5,8-9,15H,1H3;2-5,8-9H,1H3;1-3,5,7-8H;1-6,9H;;;;;/q5*-2;;;;;. The molecule has 0 unspecified atom stereocenters. The van der Waals surface area contributed by atoms with Gasteiger partial charge < -0.3 is 9.68 Å². The third-order valence-electron chi connectivity index (χ3n) is 10.2. The zero-order valence-corrected chi connectivity index (χ0v) is 63.3. The van der Waals surface area contributed by atoms with Gasteiger partial charge in [0.15, 0.2) is 0 Å². The summed E-state index contributed by atoms with van der Waals surface area (Å²) in [7, 11) is 0.669. The molecule has 0 spiro atoms. The predicted molar refractivity (Wildman–Crippen MR) is 311 cm³/mol. The zero-order chi connectivity index (χ0) is 50.4. The van der Waals surface area contributed by atoms with Crippen LogP contribution in [0.1, 0.15) is 22.3 Å². The molecule has 0 aliphatic heterocycles. The van der Waals surface area contributed by atoms with E-state index in [-0.39, 0.29) is 164 Å². The molecule has 0 aliphatic carbocycles. The Balaban J connectivity index is 0.000000468. The van der Waals surface area contributed by atoms with Gasteiger partial charge in [-0.1, -0.05) is 53.9 Å². The molecule has 0 atom stereocenters. The van der Waals surface area contributed by atoms with Crippen LogP contribution in [0.3, 0.4) is 0 Å². The van der Waals surface area contributed by atoms with Gasteiger partial charge in [-0.05, 0) is 5.75 Å². The Morgan fingerprint density at radius 1 is 0.368 bits per heavy atom. The van der Waals surface area contributed by atoms with Gasteiger partial charge in [0.2, 0.25) is 0 Å². The first-order chi connectivity index (χ1) is 34.5. The first-order valence-electron chi connectivity index (χ1n) is 22.2. The topological polar surface area (TPSA) is 29.5 Å². The number of benzene rings is 10. The molecule has 0 fully saturated rings. The van der Waals surface area contributed by atoms with Crippen molar-refractivity contribution in [2.45, 2.75) is 27.7 Å². The summed E-state index contributed by atoms with van der Waals surface area (Å²) in [5.41, 5.74) is 15.3. The van der Waals surface area contributed by atoms with Crippen LogP contribution in [-0.2, 0) is 164 Å². The maximum absolute atomic E-state index is 8.67. The maximum atomic E-state index is 8.67. The Labute approximate surface area is 617 Å². The van der Waals surface area contributed by atoms with Crippen LogP contribution in [0.4, 0.5) is 0 Å². The molecule has 0 bridgehead atoms. The Bertz CT molecular complexity index is 3050. The van der Waals surface area contributed by atoms with Crippen molar-refractivity contribution in [2.75, 3.05) is 0 Å². The number of aryl methyl sites for hydroxylation is 4. The third-order valence-corrected chi connectivity index (χ3v) is 12.8. The summed E-state index contributed by atoms with van der Waals surface area (Å²) in [6, 6.07) is 92.9. The van der Waals surface area contributed by atoms with Crippen molar-refractivity contribution in [1.82, 2.24) is 0 Å². The molecule has 0 aliphatic rings. The molecule has 10 rings (SSSR count). The van der Waals surface area contributed by atoms with Crippen LogP contribution in [-0.4, -0.2) is 12.7 Å². The van der Waals surface area contributed by atoms with E-state index in [1.54, 1.807) is 18.2 Å². The van der Waals surface area contributed by atoms with Crippen LogP contribution >= 0.6 is 70.4 Å². The first kappa shape index (κ1) is 73.7. The van der Waals surface area contributed by atoms with Gasteiger partial charge in [-0.15, -0.1) is 163 Å². The van der Waals surface area contributed by atoms with E-state index in [2.05, 4.69) is 182 Å². The van der Waals surface area contributed by atoms with Gasteiger partial charge >= 0.3 is 7.69 Å². The predicted octanol–water partition coefficient (Wildman–Crippen LogP) is 17.8. The summed E-state index contributed by atoms with van der Waals surface area (Å²) in [5, 5.41) is 8.67. The summed E-state index contributed by atoms with van der Waals surface area (Å²) in [6.45, 7) is 8.28. The van der Waals surface area contributed by atoms with Crippen LogP contribution in [0.2, 0.25) is 0 Å². The Morgan fingerprint density at radius 2 is 0.724 bits per heavy atom. The number of hydrogen-bond acceptors (Lipinski definition) is 2. The molecule has 0 aromatic heterocycles. The van der Waals surface area contributed by atoms with E-state index >= 15 is 0 Å². The Kier molecular flexibility index (Phi) is 39.6. The summed E-state index contributed by atoms with van der Waals surface area (Å²) in [5.74, 6) is 0.562. The molecular formula is C64H44BBr3IO2Y5-10. The fourth-order valence-electron chi connectivity index (χ4n) is 6.77. The van der Waals surface area contributed by atoms with E-state index in [0.29, 0.717) is 13.4 Å². The van der Waals surface area contributed by atoms with E-state index in [9.17, 15) is 0 Å². The first-order valence-corrected chi connectivity index (χ1v) is 25.7. The summed E-state index contributed by atoms with van der Waals surface area (Å²) < 4.78 is 9.38. The monoisotopic (exact) mass is 1660 g/mol. The summed E-state index contributed by atoms with van der Waals surface area (Å²) >= 11 is 12.8. The smallest absolute Gasteiger partial charge is 0.558 e. The van der Waals surface area contributed by atoms with Crippen LogP contribution in [0.25, 0.3) is 55.6 Å². The van der Waals surface area contributed by atoms with Gasteiger partial charge in [-0.3, -0.25) is 0 Å². The number of hydrogen-bond donors (Lipinski definition) is 1. The van der Waals surface area contributed by atoms with E-state index in [4.69, 9.17) is 9.68 Å². The molecule has 0 saturated heterocycles. The van der Waals surface area contributed by atoms with Crippen molar-refractivity contribution in [3.8, 4) is 61.4 Å². The molecule has 1 N–H and O–H groups in total. The average Bonchev–Trinajstić information content (AvgIpc) is 3.38. The Hall–Kier alpha value is -0.286. The van der Waals surface area contributed by atoms with Crippen LogP contribution in [0.5, 0.6) is 5.75 Å². The van der Waals surface area contributed by atoms with Crippen molar-refractivity contribution >= 4 is 78.1 Å². The molecule has 10 aromatic rings. The minimum absolute atomic E-state index is 0. The summed E-state index contributed by atoms with van der Waals surface area (Å²) in [4.78, 5) is 0. The summed E-state index contributed by atoms with van der Waals surface area (Å²) in [6.07, 6.45) is 0. The molecule has 6 radical (unpaired) electrons. The molecular weight excluding hydrogens is 1620 g/mol. The molecule has 10 aromatic carbocycles. The SMILES string of the molecule is Brc1ccc[c-]c1-c1[c-]ccc(I)c1.Brc1ccc[c-]c1-c1[c-]cccc1.Cc1cc[c-]c(-c2[c-]cccc2Br)c1.Cc1cc[c-]c(-c2[c-]cccc2C)c1.Cc1cc[c-]c(-c2[c-]cccc2O[B]O)c1.[Y].[Y].[Y].[Y].[Y]. The minimum Gasteiger partial charge on any atom is -0.593 e. The van der Waals surface area contributed by atoms with Gasteiger partial charge in [-0.25, -0.2) is 50.1 Å². The van der Waals surface area contributed by atoms with Crippen molar-refractivity contribution in [2.24, 2.45) is 0 Å². The molecule has 2 nitrogen and oxygen atoms in total. The second-order valence-electron chi connectivity index (χ2n) is 15.6. The van der Waals surface area contributed by atoms with Crippen molar-refractivity contribution in [1.29, 1.82) is 0 Å². The second-order valence-corrected chi connectivity index (χ2v) is 19.4. The Morgan fingerprint density at radius 3 is 1.13 bits per heavy atom. The van der Waals surface area contributed by atoms with Gasteiger partial charge in [0, 0.05) is 164 Å². The third kappa shape index (κ3) is 24.7. The van der Waals surface area contributed by atoms with E-state index in [1.165, 1.54) is 20.3 Å². The van der Waals surface area contributed by atoms with Crippen LogP contribution in [0.15, 0.2) is 201 Å².